The fourth-order valence-corrected chi connectivity index (χ4v) is 2.08. The van der Waals surface area contributed by atoms with Crippen LogP contribution in [0.1, 0.15) is 23.2 Å². The first kappa shape index (κ1) is 14.3. The SMILES string of the molecule is NCC1CCC(C(=O)Nc2ccc(O)c(C(=O)O)c2)O1. The first-order valence-corrected chi connectivity index (χ1v) is 6.24. The van der Waals surface area contributed by atoms with Crippen molar-refractivity contribution in [3.63, 3.8) is 0 Å². The van der Waals surface area contributed by atoms with Gasteiger partial charge in [0.05, 0.1) is 6.10 Å². The third kappa shape index (κ3) is 3.06. The summed E-state index contributed by atoms with van der Waals surface area (Å²) < 4.78 is 5.44. The monoisotopic (exact) mass is 280 g/mol. The molecule has 7 nitrogen and oxygen atoms in total. The van der Waals surface area contributed by atoms with Gasteiger partial charge in [-0.3, -0.25) is 4.79 Å². The number of benzene rings is 1. The highest BCUT2D eigenvalue weighted by atomic mass is 16.5. The van der Waals surface area contributed by atoms with E-state index in [1.165, 1.54) is 18.2 Å². The molecule has 7 heteroatoms. The minimum Gasteiger partial charge on any atom is -0.507 e. The predicted octanol–water partition coefficient (Wildman–Crippen LogP) is 0.535. The second-order valence-corrected chi connectivity index (χ2v) is 4.59. The number of phenols is 1. The standard InChI is InChI=1S/C13H16N2O5/c14-6-8-2-4-11(20-8)12(17)15-7-1-3-10(16)9(5-7)13(18)19/h1,3,5,8,11,16H,2,4,6,14H2,(H,15,17)(H,18,19). The van der Waals surface area contributed by atoms with Crippen LogP contribution in [0.5, 0.6) is 5.75 Å². The highest BCUT2D eigenvalue weighted by molar-refractivity contribution is 5.97. The number of ether oxygens (including phenoxy) is 1. The summed E-state index contributed by atoms with van der Waals surface area (Å²) in [7, 11) is 0. The summed E-state index contributed by atoms with van der Waals surface area (Å²) >= 11 is 0. The molecule has 0 radical (unpaired) electrons. The number of anilines is 1. The van der Waals surface area contributed by atoms with Crippen molar-refractivity contribution in [1.29, 1.82) is 0 Å². The molecule has 2 rings (SSSR count). The van der Waals surface area contributed by atoms with E-state index in [4.69, 9.17) is 15.6 Å². The van der Waals surface area contributed by atoms with Gasteiger partial charge in [-0.2, -0.15) is 0 Å². The van der Waals surface area contributed by atoms with Gasteiger partial charge in [-0.15, -0.1) is 0 Å². The fraction of sp³-hybridized carbons (Fsp3) is 0.385. The first-order valence-electron chi connectivity index (χ1n) is 6.24. The molecule has 0 aliphatic carbocycles. The summed E-state index contributed by atoms with van der Waals surface area (Å²) in [6.45, 7) is 0.367. The van der Waals surface area contributed by atoms with Gasteiger partial charge >= 0.3 is 5.97 Å². The maximum Gasteiger partial charge on any atom is 0.339 e. The van der Waals surface area contributed by atoms with Crippen molar-refractivity contribution in [3.05, 3.63) is 23.8 Å². The van der Waals surface area contributed by atoms with E-state index in [2.05, 4.69) is 5.32 Å². The summed E-state index contributed by atoms with van der Waals surface area (Å²) in [4.78, 5) is 22.8. The lowest BCUT2D eigenvalue weighted by molar-refractivity contribution is -0.126. The van der Waals surface area contributed by atoms with Crippen molar-refractivity contribution in [2.24, 2.45) is 5.73 Å². The lowest BCUT2D eigenvalue weighted by Crippen LogP contribution is -2.29. The van der Waals surface area contributed by atoms with Crippen molar-refractivity contribution >= 4 is 17.6 Å². The van der Waals surface area contributed by atoms with E-state index in [-0.39, 0.29) is 23.3 Å². The zero-order valence-corrected chi connectivity index (χ0v) is 10.7. The molecule has 0 saturated carbocycles. The zero-order valence-electron chi connectivity index (χ0n) is 10.7. The number of aromatic hydroxyl groups is 1. The number of carbonyl (C=O) groups is 2. The van der Waals surface area contributed by atoms with Crippen molar-refractivity contribution in [2.45, 2.75) is 25.0 Å². The lowest BCUT2D eigenvalue weighted by Gasteiger charge is -2.13. The van der Waals surface area contributed by atoms with Crippen LogP contribution in [0.2, 0.25) is 0 Å². The molecule has 1 aliphatic rings. The second-order valence-electron chi connectivity index (χ2n) is 4.59. The Morgan fingerprint density at radius 1 is 1.40 bits per heavy atom. The third-order valence-corrected chi connectivity index (χ3v) is 3.16. The Kier molecular flexibility index (Phi) is 4.21. The Balaban J connectivity index is 2.05. The quantitative estimate of drug-likeness (QED) is 0.597. The number of nitrogens with two attached hydrogens (primary N) is 1. The molecule has 1 amide bonds. The maximum atomic E-state index is 12.0. The molecule has 5 N–H and O–H groups in total. The molecule has 1 heterocycles. The molecular formula is C13H16N2O5. The molecule has 20 heavy (non-hydrogen) atoms. The van der Waals surface area contributed by atoms with Gasteiger partial charge in [0.15, 0.2) is 0 Å². The number of hydrogen-bond acceptors (Lipinski definition) is 5. The fourth-order valence-electron chi connectivity index (χ4n) is 2.08. The van der Waals surface area contributed by atoms with E-state index >= 15 is 0 Å². The van der Waals surface area contributed by atoms with Crippen molar-refractivity contribution in [3.8, 4) is 5.75 Å². The highest BCUT2D eigenvalue weighted by Crippen LogP contribution is 2.23. The number of nitrogens with one attached hydrogen (secondary N) is 1. The van der Waals surface area contributed by atoms with E-state index in [1.54, 1.807) is 0 Å². The Bertz CT molecular complexity index is 531. The van der Waals surface area contributed by atoms with Crippen molar-refractivity contribution in [1.82, 2.24) is 0 Å². The molecular weight excluding hydrogens is 264 g/mol. The minimum atomic E-state index is -1.26. The van der Waals surface area contributed by atoms with Crippen LogP contribution in [0.25, 0.3) is 0 Å². The molecule has 1 fully saturated rings. The van der Waals surface area contributed by atoms with Crippen LogP contribution >= 0.6 is 0 Å². The van der Waals surface area contributed by atoms with Gasteiger partial charge in [-0.25, -0.2) is 4.79 Å². The Hall–Kier alpha value is -2.12. The summed E-state index contributed by atoms with van der Waals surface area (Å²) in [5.41, 5.74) is 5.50. The zero-order chi connectivity index (χ0) is 14.7. The van der Waals surface area contributed by atoms with Gasteiger partial charge < -0.3 is 26.0 Å². The summed E-state index contributed by atoms with van der Waals surface area (Å²) in [5.74, 6) is -1.96. The molecule has 108 valence electrons. The van der Waals surface area contributed by atoms with E-state index in [1.807, 2.05) is 0 Å². The van der Waals surface area contributed by atoms with E-state index in [9.17, 15) is 14.7 Å². The molecule has 0 aromatic heterocycles. The van der Waals surface area contributed by atoms with Crippen LogP contribution in [-0.2, 0) is 9.53 Å². The van der Waals surface area contributed by atoms with Gasteiger partial charge in [0.1, 0.15) is 17.4 Å². The molecule has 1 aliphatic heterocycles. The molecule has 0 spiro atoms. The van der Waals surface area contributed by atoms with Crippen LogP contribution in [0, 0.1) is 0 Å². The average molecular weight is 280 g/mol. The van der Waals surface area contributed by atoms with Crippen molar-refractivity contribution in [2.75, 3.05) is 11.9 Å². The molecule has 1 aromatic carbocycles. The number of hydrogen-bond donors (Lipinski definition) is 4. The Morgan fingerprint density at radius 2 is 2.15 bits per heavy atom. The minimum absolute atomic E-state index is 0.111. The summed E-state index contributed by atoms with van der Waals surface area (Å²) in [6.07, 6.45) is 0.619. The number of amides is 1. The normalized spacial score (nSPS) is 21.6. The number of carboxylic acids is 1. The first-order chi connectivity index (χ1) is 9.51. The highest BCUT2D eigenvalue weighted by Gasteiger charge is 2.30. The van der Waals surface area contributed by atoms with Gasteiger partial charge in [0.2, 0.25) is 0 Å². The Labute approximate surface area is 115 Å². The number of carbonyl (C=O) groups excluding carboxylic acids is 1. The summed E-state index contributed by atoms with van der Waals surface area (Å²) in [5, 5.41) is 20.8. The molecule has 0 bridgehead atoms. The number of aromatic carboxylic acids is 1. The van der Waals surface area contributed by atoms with E-state index in [0.717, 1.165) is 6.42 Å². The maximum absolute atomic E-state index is 12.0. The molecule has 1 saturated heterocycles. The van der Waals surface area contributed by atoms with Crippen LogP contribution in [-0.4, -0.2) is 40.8 Å². The third-order valence-electron chi connectivity index (χ3n) is 3.16. The number of carboxylic acid groups (broad SMARTS) is 1. The molecule has 1 aromatic rings. The van der Waals surface area contributed by atoms with Gasteiger partial charge in [-0.1, -0.05) is 0 Å². The topological polar surface area (TPSA) is 122 Å². The lowest BCUT2D eigenvalue weighted by atomic mass is 10.1. The number of rotatable bonds is 4. The smallest absolute Gasteiger partial charge is 0.339 e. The second kappa shape index (κ2) is 5.89. The van der Waals surface area contributed by atoms with Gasteiger partial charge in [-0.05, 0) is 31.0 Å². The summed E-state index contributed by atoms with van der Waals surface area (Å²) in [6, 6.07) is 3.84. The van der Waals surface area contributed by atoms with E-state index < -0.39 is 12.1 Å². The predicted molar refractivity (Wildman–Crippen MR) is 70.6 cm³/mol. The van der Waals surface area contributed by atoms with Gasteiger partial charge in [0.25, 0.3) is 5.91 Å². The Morgan fingerprint density at radius 3 is 2.75 bits per heavy atom. The van der Waals surface area contributed by atoms with E-state index in [0.29, 0.717) is 18.7 Å². The van der Waals surface area contributed by atoms with Gasteiger partial charge in [0, 0.05) is 12.2 Å². The van der Waals surface area contributed by atoms with Crippen LogP contribution in [0.4, 0.5) is 5.69 Å². The largest absolute Gasteiger partial charge is 0.507 e. The van der Waals surface area contributed by atoms with Crippen molar-refractivity contribution < 1.29 is 24.5 Å². The van der Waals surface area contributed by atoms with Crippen LogP contribution in [0.3, 0.4) is 0 Å². The average Bonchev–Trinajstić information content (AvgIpc) is 2.89. The van der Waals surface area contributed by atoms with Crippen LogP contribution < -0.4 is 11.1 Å². The molecule has 2 unspecified atom stereocenters. The van der Waals surface area contributed by atoms with Crippen LogP contribution in [0.15, 0.2) is 18.2 Å². The molecule has 2 atom stereocenters.